The molecule has 1 saturated heterocycles. The number of rotatable bonds is 1. The molecule has 0 aliphatic carbocycles. The summed E-state index contributed by atoms with van der Waals surface area (Å²) in [5.74, 6) is -0.0964. The molecule has 0 saturated carbocycles. The Hall–Kier alpha value is -2.37. The van der Waals surface area contributed by atoms with E-state index in [4.69, 9.17) is 11.6 Å². The number of carbonyl (C=O) groups is 2. The molecule has 0 radical (unpaired) electrons. The van der Waals surface area contributed by atoms with E-state index in [1.165, 1.54) is 11.3 Å². The Labute approximate surface area is 159 Å². The van der Waals surface area contributed by atoms with E-state index in [0.29, 0.717) is 28.6 Å². The molecule has 3 heterocycles. The van der Waals surface area contributed by atoms with Gasteiger partial charge >= 0.3 is 0 Å². The van der Waals surface area contributed by atoms with Crippen molar-refractivity contribution in [3.8, 4) is 0 Å². The Morgan fingerprint density at radius 1 is 1.08 bits per heavy atom. The molecular formula is C20H15ClN2O2S. The number of nitrogens with zero attached hydrogens (tertiary/aromatic N) is 2. The third-order valence-corrected chi connectivity index (χ3v) is 6.77. The van der Waals surface area contributed by atoms with Crippen LogP contribution in [0.2, 0.25) is 5.02 Å². The van der Waals surface area contributed by atoms with Gasteiger partial charge in [0.2, 0.25) is 0 Å². The minimum atomic E-state index is -0.332. The van der Waals surface area contributed by atoms with Crippen LogP contribution in [-0.4, -0.2) is 34.7 Å². The number of fused-ring (bicyclic) bond motifs is 4. The van der Waals surface area contributed by atoms with Crippen molar-refractivity contribution in [2.24, 2.45) is 0 Å². The van der Waals surface area contributed by atoms with Crippen molar-refractivity contribution in [3.05, 3.63) is 69.6 Å². The first kappa shape index (κ1) is 15.9. The fourth-order valence-corrected chi connectivity index (χ4v) is 5.41. The Morgan fingerprint density at radius 3 is 2.69 bits per heavy atom. The van der Waals surface area contributed by atoms with Crippen molar-refractivity contribution in [3.63, 3.8) is 0 Å². The topological polar surface area (TPSA) is 40.6 Å². The first-order chi connectivity index (χ1) is 12.7. The largest absolute Gasteiger partial charge is 0.314 e. The Bertz CT molecular complexity index is 1060. The van der Waals surface area contributed by atoms with Crippen molar-refractivity contribution in [1.82, 2.24) is 9.80 Å². The van der Waals surface area contributed by atoms with Gasteiger partial charge in [0.15, 0.2) is 0 Å². The molecule has 0 N–H and O–H groups in total. The molecule has 2 aliphatic rings. The smallest absolute Gasteiger partial charge is 0.267 e. The number of carbonyl (C=O) groups excluding carboxylic acids is 2. The molecule has 1 atom stereocenters. The van der Waals surface area contributed by atoms with Crippen LogP contribution < -0.4 is 0 Å². The van der Waals surface area contributed by atoms with E-state index in [1.54, 1.807) is 9.80 Å². The highest BCUT2D eigenvalue weighted by Gasteiger charge is 2.44. The number of benzene rings is 2. The minimum Gasteiger partial charge on any atom is -0.314 e. The van der Waals surface area contributed by atoms with Crippen LogP contribution in [0.15, 0.2) is 48.5 Å². The standard InChI is InChI=1S/C20H15ClN2O2S/c21-16-14-8-3-4-9-15(14)26-17(16)20(25)23-11-5-10-22-18(23)12-6-1-2-7-13(12)19(22)24/h1-4,6-9,18H,5,10-11H2/t18-/m1/s1. The summed E-state index contributed by atoms with van der Waals surface area (Å²) in [4.78, 5) is 30.2. The van der Waals surface area contributed by atoms with Gasteiger partial charge in [0.25, 0.3) is 11.8 Å². The van der Waals surface area contributed by atoms with Crippen LogP contribution in [0.1, 0.15) is 38.2 Å². The van der Waals surface area contributed by atoms with Crippen molar-refractivity contribution in [2.75, 3.05) is 13.1 Å². The molecular weight excluding hydrogens is 368 g/mol. The summed E-state index contributed by atoms with van der Waals surface area (Å²) in [6.07, 6.45) is 0.436. The molecule has 130 valence electrons. The summed E-state index contributed by atoms with van der Waals surface area (Å²) >= 11 is 7.94. The quantitative estimate of drug-likeness (QED) is 0.619. The monoisotopic (exact) mass is 382 g/mol. The van der Waals surface area contributed by atoms with Crippen molar-refractivity contribution in [1.29, 1.82) is 0 Å². The molecule has 5 rings (SSSR count). The SMILES string of the molecule is O=C1c2ccccc2[C@@H]2N1CCCN2C(=O)c1sc2ccccc2c1Cl. The summed E-state index contributed by atoms with van der Waals surface area (Å²) in [5, 5.41) is 1.41. The predicted octanol–water partition coefficient (Wildman–Crippen LogP) is 4.56. The lowest BCUT2D eigenvalue weighted by molar-refractivity contribution is 0.0167. The van der Waals surface area contributed by atoms with Gasteiger partial charge in [0, 0.05) is 34.3 Å². The van der Waals surface area contributed by atoms with Gasteiger partial charge in [0.05, 0.1) is 5.02 Å². The van der Waals surface area contributed by atoms with E-state index in [0.717, 1.165) is 22.1 Å². The van der Waals surface area contributed by atoms with Crippen LogP contribution in [0.4, 0.5) is 0 Å². The van der Waals surface area contributed by atoms with Crippen LogP contribution in [0.3, 0.4) is 0 Å². The highest BCUT2D eigenvalue weighted by Crippen LogP contribution is 2.42. The summed E-state index contributed by atoms with van der Waals surface area (Å²) in [7, 11) is 0. The van der Waals surface area contributed by atoms with Gasteiger partial charge in [-0.3, -0.25) is 9.59 Å². The molecule has 1 fully saturated rings. The third kappa shape index (κ3) is 2.14. The number of thiophene rings is 1. The zero-order valence-electron chi connectivity index (χ0n) is 13.8. The van der Waals surface area contributed by atoms with Crippen LogP contribution in [0.5, 0.6) is 0 Å². The molecule has 6 heteroatoms. The molecule has 4 nitrogen and oxygen atoms in total. The Kier molecular flexibility index (Phi) is 3.55. The maximum atomic E-state index is 13.4. The van der Waals surface area contributed by atoms with E-state index in [2.05, 4.69) is 0 Å². The lowest BCUT2D eigenvalue weighted by Crippen LogP contribution is -2.48. The van der Waals surface area contributed by atoms with Gasteiger partial charge in [-0.15, -0.1) is 11.3 Å². The number of amides is 2. The maximum absolute atomic E-state index is 13.4. The van der Waals surface area contributed by atoms with Crippen LogP contribution in [-0.2, 0) is 0 Å². The fourth-order valence-electron chi connectivity index (χ4n) is 3.94. The predicted molar refractivity (Wildman–Crippen MR) is 103 cm³/mol. The van der Waals surface area contributed by atoms with Crippen LogP contribution >= 0.6 is 22.9 Å². The molecule has 0 bridgehead atoms. The average molecular weight is 383 g/mol. The zero-order chi connectivity index (χ0) is 17.8. The summed E-state index contributed by atoms with van der Waals surface area (Å²) in [5.41, 5.74) is 1.60. The molecule has 2 amide bonds. The van der Waals surface area contributed by atoms with Crippen LogP contribution in [0, 0.1) is 0 Å². The second-order valence-corrected chi connectivity index (χ2v) is 7.98. The summed E-state index contributed by atoms with van der Waals surface area (Å²) in [6.45, 7) is 1.29. The second-order valence-electron chi connectivity index (χ2n) is 6.55. The van der Waals surface area contributed by atoms with Crippen molar-refractivity contribution < 1.29 is 9.59 Å². The molecule has 2 aromatic carbocycles. The van der Waals surface area contributed by atoms with Crippen molar-refractivity contribution in [2.45, 2.75) is 12.6 Å². The van der Waals surface area contributed by atoms with Crippen LogP contribution in [0.25, 0.3) is 10.1 Å². The van der Waals surface area contributed by atoms with Crippen molar-refractivity contribution >= 4 is 44.8 Å². The highest BCUT2D eigenvalue weighted by atomic mass is 35.5. The number of halogens is 1. The van der Waals surface area contributed by atoms with Gasteiger partial charge in [-0.05, 0) is 18.6 Å². The van der Waals surface area contributed by atoms with Gasteiger partial charge in [-0.1, -0.05) is 48.0 Å². The second kappa shape index (κ2) is 5.83. The first-order valence-electron chi connectivity index (χ1n) is 8.54. The Morgan fingerprint density at radius 2 is 1.85 bits per heavy atom. The first-order valence-corrected chi connectivity index (χ1v) is 9.74. The average Bonchev–Trinajstić information content (AvgIpc) is 3.17. The molecule has 1 aromatic heterocycles. The molecule has 2 aliphatic heterocycles. The number of hydrogen-bond donors (Lipinski definition) is 0. The fraction of sp³-hybridized carbons (Fsp3) is 0.200. The summed E-state index contributed by atoms with van der Waals surface area (Å²) in [6, 6.07) is 15.3. The van der Waals surface area contributed by atoms with Gasteiger partial charge < -0.3 is 9.80 Å². The van der Waals surface area contributed by atoms with Gasteiger partial charge in [-0.25, -0.2) is 0 Å². The zero-order valence-corrected chi connectivity index (χ0v) is 15.4. The van der Waals surface area contributed by atoms with Gasteiger partial charge in [-0.2, -0.15) is 0 Å². The van der Waals surface area contributed by atoms with E-state index in [-0.39, 0.29) is 18.0 Å². The van der Waals surface area contributed by atoms with E-state index < -0.39 is 0 Å². The van der Waals surface area contributed by atoms with E-state index in [9.17, 15) is 9.59 Å². The summed E-state index contributed by atoms with van der Waals surface area (Å²) < 4.78 is 0.998. The minimum absolute atomic E-state index is 0.00513. The maximum Gasteiger partial charge on any atom is 0.267 e. The Balaban J connectivity index is 1.60. The normalized spacial score (nSPS) is 19.0. The highest BCUT2D eigenvalue weighted by molar-refractivity contribution is 7.21. The van der Waals surface area contributed by atoms with Gasteiger partial charge in [0.1, 0.15) is 11.0 Å². The molecule has 0 unspecified atom stereocenters. The van der Waals surface area contributed by atoms with E-state index >= 15 is 0 Å². The lowest BCUT2D eigenvalue weighted by atomic mass is 10.1. The lowest BCUT2D eigenvalue weighted by Gasteiger charge is -2.40. The molecule has 3 aromatic rings. The number of hydrogen-bond acceptors (Lipinski definition) is 3. The molecule has 26 heavy (non-hydrogen) atoms. The molecule has 0 spiro atoms. The third-order valence-electron chi connectivity index (χ3n) is 5.11. The van der Waals surface area contributed by atoms with E-state index in [1.807, 2.05) is 48.5 Å².